The number of methoxy groups -OCH3 is 1. The third-order valence-electron chi connectivity index (χ3n) is 8.43. The number of carbonyl (C=O) groups is 1. The van der Waals surface area contributed by atoms with Crippen molar-refractivity contribution in [2.75, 3.05) is 13.9 Å². The maximum Gasteiger partial charge on any atom is 0.146 e. The molecule has 3 fully saturated rings. The molecule has 142 valence electrons. The van der Waals surface area contributed by atoms with Gasteiger partial charge in [0.1, 0.15) is 12.6 Å². The molecule has 0 N–H and O–H groups in total. The Hall–Kier alpha value is -1.18. The van der Waals surface area contributed by atoms with Gasteiger partial charge in [0.05, 0.1) is 12.2 Å². The summed E-state index contributed by atoms with van der Waals surface area (Å²) >= 11 is 0. The van der Waals surface area contributed by atoms with Crippen LogP contribution in [0.3, 0.4) is 0 Å². The fraction of sp³-hybridized carbons (Fsp3) is 0.818. The molecular weight excluding hydrogens is 326 g/mol. The zero-order valence-corrected chi connectivity index (χ0v) is 16.3. The molecular formula is C22H31NO3. The average Bonchev–Trinajstić information content (AvgIpc) is 2.95. The number of ether oxygens (including phenoxy) is 2. The van der Waals surface area contributed by atoms with Gasteiger partial charge in [-0.25, -0.2) is 0 Å². The van der Waals surface area contributed by atoms with Crippen LogP contribution in [-0.2, 0) is 14.3 Å². The number of rotatable bonds is 3. The van der Waals surface area contributed by atoms with Crippen LogP contribution in [-0.4, -0.2) is 25.8 Å². The maximum absolute atomic E-state index is 13.4. The topological polar surface area (TPSA) is 59.3 Å². The van der Waals surface area contributed by atoms with Gasteiger partial charge in [-0.1, -0.05) is 19.9 Å². The van der Waals surface area contributed by atoms with Crippen molar-refractivity contribution in [1.29, 1.82) is 5.26 Å². The quantitative estimate of drug-likeness (QED) is 0.708. The van der Waals surface area contributed by atoms with Gasteiger partial charge in [-0.3, -0.25) is 4.79 Å². The molecule has 4 heteroatoms. The molecule has 0 saturated heterocycles. The zero-order chi connectivity index (χ0) is 18.5. The van der Waals surface area contributed by atoms with Crippen LogP contribution in [0.4, 0.5) is 0 Å². The molecule has 4 aliphatic rings. The van der Waals surface area contributed by atoms with Crippen LogP contribution in [0.25, 0.3) is 0 Å². The lowest BCUT2D eigenvalue weighted by Gasteiger charge is -2.59. The highest BCUT2D eigenvalue weighted by Crippen LogP contribution is 2.65. The molecule has 3 saturated carbocycles. The van der Waals surface area contributed by atoms with E-state index in [0.29, 0.717) is 36.8 Å². The second-order valence-corrected chi connectivity index (χ2v) is 9.52. The number of Topliss-reactive ketones (excluding diaryl/α,β-unsaturated/α-hetero) is 1. The number of ketones is 1. The normalized spacial score (nSPS) is 47.4. The summed E-state index contributed by atoms with van der Waals surface area (Å²) in [7, 11) is 1.67. The van der Waals surface area contributed by atoms with Crippen molar-refractivity contribution >= 4 is 5.78 Å². The van der Waals surface area contributed by atoms with Crippen LogP contribution in [0.2, 0.25) is 0 Å². The standard InChI is InChI=1S/C22H31NO3/c1-21-9-8-16(26-13-25-3)10-14(21)4-6-17-18-7-5-15(12-23)22(18,2)11-19(24)20(17)21/h5,14,16-18,20H,4,6-11,13H2,1-3H3/t14?,16-,17+,18+,20-,21+,22-/m1/s1. The summed E-state index contributed by atoms with van der Waals surface area (Å²) in [6.07, 6.45) is 9.39. The smallest absolute Gasteiger partial charge is 0.146 e. The van der Waals surface area contributed by atoms with E-state index in [1.54, 1.807) is 7.11 Å². The van der Waals surface area contributed by atoms with Crippen LogP contribution in [0.15, 0.2) is 11.6 Å². The molecule has 0 spiro atoms. The Bertz CT molecular complexity index is 665. The Morgan fingerprint density at radius 2 is 2.12 bits per heavy atom. The maximum atomic E-state index is 13.4. The van der Waals surface area contributed by atoms with E-state index >= 15 is 0 Å². The summed E-state index contributed by atoms with van der Waals surface area (Å²) in [5.41, 5.74) is 0.747. The minimum absolute atomic E-state index is 0.101. The first kappa shape index (κ1) is 18.2. The first-order valence-electron chi connectivity index (χ1n) is 10.2. The predicted octanol–water partition coefficient (Wildman–Crippen LogP) is 4.26. The van der Waals surface area contributed by atoms with Crippen molar-refractivity contribution < 1.29 is 14.3 Å². The van der Waals surface area contributed by atoms with E-state index in [-0.39, 0.29) is 22.9 Å². The SMILES string of the molecule is COCO[C@@H]1CC[C@@]2(C)C(CC[C@@H]3[C@@H]2C(=O)C[C@]2(C)C(C#N)=CC[C@@H]32)C1. The number of nitriles is 1. The highest BCUT2D eigenvalue weighted by Gasteiger charge is 2.61. The van der Waals surface area contributed by atoms with Crippen LogP contribution in [0.1, 0.15) is 58.8 Å². The summed E-state index contributed by atoms with van der Waals surface area (Å²) < 4.78 is 10.9. The second-order valence-electron chi connectivity index (χ2n) is 9.52. The average molecular weight is 357 g/mol. The molecule has 1 unspecified atom stereocenters. The number of nitrogens with zero attached hydrogens (tertiary/aromatic N) is 1. The molecule has 0 aromatic carbocycles. The van der Waals surface area contributed by atoms with E-state index in [9.17, 15) is 10.1 Å². The monoisotopic (exact) mass is 357 g/mol. The Kier molecular flexibility index (Phi) is 4.52. The van der Waals surface area contributed by atoms with Gasteiger partial charge in [0.15, 0.2) is 0 Å². The minimum Gasteiger partial charge on any atom is -0.359 e. The highest BCUT2D eigenvalue weighted by molar-refractivity contribution is 5.85. The minimum atomic E-state index is -0.213. The van der Waals surface area contributed by atoms with E-state index in [4.69, 9.17) is 9.47 Å². The van der Waals surface area contributed by atoms with Gasteiger partial charge >= 0.3 is 0 Å². The number of allylic oxidation sites excluding steroid dienone is 2. The lowest BCUT2D eigenvalue weighted by Crippen LogP contribution is -2.57. The lowest BCUT2D eigenvalue weighted by atomic mass is 9.44. The van der Waals surface area contributed by atoms with Gasteiger partial charge in [-0.05, 0) is 61.7 Å². The molecule has 4 aliphatic carbocycles. The van der Waals surface area contributed by atoms with E-state index in [1.807, 2.05) is 0 Å². The second kappa shape index (κ2) is 6.46. The number of fused-ring (bicyclic) bond motifs is 5. The van der Waals surface area contributed by atoms with E-state index < -0.39 is 0 Å². The Balaban J connectivity index is 1.58. The van der Waals surface area contributed by atoms with Crippen LogP contribution in [0, 0.1) is 45.8 Å². The van der Waals surface area contributed by atoms with E-state index in [1.165, 1.54) is 6.42 Å². The Morgan fingerprint density at radius 3 is 2.85 bits per heavy atom. The van der Waals surface area contributed by atoms with Crippen molar-refractivity contribution in [2.24, 2.45) is 34.5 Å². The predicted molar refractivity (Wildman–Crippen MR) is 97.9 cm³/mol. The third kappa shape index (κ3) is 2.51. The fourth-order valence-corrected chi connectivity index (χ4v) is 7.10. The van der Waals surface area contributed by atoms with Crippen LogP contribution >= 0.6 is 0 Å². The molecule has 0 radical (unpaired) electrons. The molecule has 0 aliphatic heterocycles. The lowest BCUT2D eigenvalue weighted by molar-refractivity contribution is -0.165. The number of carbonyl (C=O) groups excluding carboxylic acids is 1. The first-order chi connectivity index (χ1) is 12.4. The number of hydrogen-bond donors (Lipinski definition) is 0. The molecule has 0 heterocycles. The van der Waals surface area contributed by atoms with Gasteiger partial charge in [-0.2, -0.15) is 5.26 Å². The summed E-state index contributed by atoms with van der Waals surface area (Å²) in [5, 5.41) is 9.54. The molecule has 0 amide bonds. The van der Waals surface area contributed by atoms with Crippen molar-refractivity contribution in [2.45, 2.75) is 64.9 Å². The van der Waals surface area contributed by atoms with E-state index in [0.717, 1.165) is 37.7 Å². The highest BCUT2D eigenvalue weighted by atomic mass is 16.7. The molecule has 4 nitrogen and oxygen atoms in total. The molecule has 4 rings (SSSR count). The summed E-state index contributed by atoms with van der Waals surface area (Å²) in [6, 6.07) is 2.39. The van der Waals surface area contributed by atoms with E-state index in [2.05, 4.69) is 26.0 Å². The fourth-order valence-electron chi connectivity index (χ4n) is 7.10. The molecule has 0 bridgehead atoms. The first-order valence-corrected chi connectivity index (χ1v) is 10.2. The van der Waals surface area contributed by atoms with Crippen molar-refractivity contribution in [3.8, 4) is 6.07 Å². The van der Waals surface area contributed by atoms with Gasteiger partial charge in [0.2, 0.25) is 0 Å². The number of hydrogen-bond acceptors (Lipinski definition) is 4. The van der Waals surface area contributed by atoms with Crippen molar-refractivity contribution in [3.63, 3.8) is 0 Å². The molecule has 0 aromatic heterocycles. The van der Waals surface area contributed by atoms with Crippen LogP contribution in [0.5, 0.6) is 0 Å². The van der Waals surface area contributed by atoms with Gasteiger partial charge in [0, 0.05) is 30.4 Å². The largest absolute Gasteiger partial charge is 0.359 e. The summed E-state index contributed by atoms with van der Waals surface area (Å²) in [6.45, 7) is 4.90. The molecule has 7 atom stereocenters. The van der Waals surface area contributed by atoms with Crippen molar-refractivity contribution in [3.05, 3.63) is 11.6 Å². The van der Waals surface area contributed by atoms with Gasteiger partial charge < -0.3 is 9.47 Å². The third-order valence-corrected chi connectivity index (χ3v) is 8.43. The zero-order valence-electron chi connectivity index (χ0n) is 16.3. The van der Waals surface area contributed by atoms with Crippen molar-refractivity contribution in [1.82, 2.24) is 0 Å². The van der Waals surface area contributed by atoms with Gasteiger partial charge in [-0.15, -0.1) is 0 Å². The summed E-state index contributed by atoms with van der Waals surface area (Å²) in [4.78, 5) is 13.4. The molecule has 26 heavy (non-hydrogen) atoms. The Morgan fingerprint density at radius 1 is 1.31 bits per heavy atom. The Labute approximate surface area is 156 Å². The van der Waals surface area contributed by atoms with Gasteiger partial charge in [0.25, 0.3) is 0 Å². The molecule has 0 aromatic rings. The van der Waals surface area contributed by atoms with Crippen LogP contribution < -0.4 is 0 Å². The summed E-state index contributed by atoms with van der Waals surface area (Å²) in [5.74, 6) is 2.08.